The van der Waals surface area contributed by atoms with Crippen molar-refractivity contribution in [3.05, 3.63) is 154 Å². The average molecular weight is 595 g/mol. The van der Waals surface area contributed by atoms with Crippen LogP contribution in [0.5, 0.6) is 0 Å². The van der Waals surface area contributed by atoms with Crippen molar-refractivity contribution in [1.82, 2.24) is 14.8 Å². The molecule has 5 rings (SSSR count). The second-order valence-electron chi connectivity index (χ2n) is 10.1. The lowest BCUT2D eigenvalue weighted by Gasteiger charge is -2.36. The molecule has 0 aliphatic rings. The Bertz CT molecular complexity index is 1890. The topological polar surface area (TPSA) is 114 Å². The molecular weight excluding hydrogens is 564 g/mol. The van der Waals surface area contributed by atoms with Gasteiger partial charge in [0, 0.05) is 42.3 Å². The highest BCUT2D eigenvalue weighted by molar-refractivity contribution is 6.30. The summed E-state index contributed by atoms with van der Waals surface area (Å²) in [5.41, 5.74) is 7.98. The number of likely N-dealkylation sites (N-methyl/N-ethyl adjacent to an activating group) is 1. The normalized spacial score (nSPS) is 13.0. The molecule has 1 unspecified atom stereocenters. The number of benzene rings is 3. The first-order valence-corrected chi connectivity index (χ1v) is 13.9. The lowest BCUT2D eigenvalue weighted by atomic mass is 9.81. The standard InChI is InChI=1S/C34H31ClN4O4/c1-4-38(2)31(20-36)34(42,24-12-10-22(11-13-24)33(41)37-21-27-9-6-16-43-27)25-14-15-30-29(18-25)28(19-32(40)39(30)3)23-7-5-8-26(35)17-23/h4-20,42H,1,21,36H2,2-3H3,(H,37,41)/b31-20-. The first-order chi connectivity index (χ1) is 20.7. The molecule has 218 valence electrons. The van der Waals surface area contributed by atoms with E-state index >= 15 is 0 Å². The van der Waals surface area contributed by atoms with E-state index in [1.54, 1.807) is 103 Å². The second-order valence-corrected chi connectivity index (χ2v) is 10.5. The summed E-state index contributed by atoms with van der Waals surface area (Å²) < 4.78 is 6.84. The summed E-state index contributed by atoms with van der Waals surface area (Å²) in [5, 5.41) is 16.7. The van der Waals surface area contributed by atoms with Crippen LogP contribution in [0.2, 0.25) is 5.02 Å². The number of nitrogens with one attached hydrogen (secondary N) is 1. The zero-order valence-electron chi connectivity index (χ0n) is 23.8. The number of pyridine rings is 1. The van der Waals surface area contributed by atoms with E-state index < -0.39 is 5.60 Å². The maximum absolute atomic E-state index is 12.9. The molecule has 2 heterocycles. The van der Waals surface area contributed by atoms with Crippen LogP contribution in [-0.2, 0) is 19.2 Å². The molecule has 0 saturated carbocycles. The van der Waals surface area contributed by atoms with Gasteiger partial charge in [-0.3, -0.25) is 9.59 Å². The van der Waals surface area contributed by atoms with Crippen LogP contribution in [0.1, 0.15) is 27.2 Å². The molecule has 1 atom stereocenters. The Labute approximate surface area is 253 Å². The number of hydrogen-bond donors (Lipinski definition) is 3. The Balaban J connectivity index is 1.65. The van der Waals surface area contributed by atoms with Crippen molar-refractivity contribution in [3.63, 3.8) is 0 Å². The molecule has 9 heteroatoms. The molecular formula is C34H31ClN4O4. The summed E-state index contributed by atoms with van der Waals surface area (Å²) in [4.78, 5) is 27.3. The van der Waals surface area contributed by atoms with E-state index in [0.717, 1.165) is 10.9 Å². The van der Waals surface area contributed by atoms with Crippen LogP contribution in [0, 0.1) is 0 Å². The van der Waals surface area contributed by atoms with E-state index in [9.17, 15) is 14.7 Å². The van der Waals surface area contributed by atoms with Gasteiger partial charge >= 0.3 is 0 Å². The Morgan fingerprint density at radius 3 is 2.49 bits per heavy atom. The molecule has 3 aromatic carbocycles. The fourth-order valence-corrected chi connectivity index (χ4v) is 5.37. The van der Waals surface area contributed by atoms with Gasteiger partial charge in [-0.2, -0.15) is 0 Å². The SMILES string of the molecule is C=CN(C)/C(=C\N)C(O)(c1ccc(C(=O)NCc2ccco2)cc1)c1ccc2c(c1)c(-c1cccc(Cl)c1)cc(=O)n2C. The van der Waals surface area contributed by atoms with E-state index in [0.29, 0.717) is 44.3 Å². The lowest BCUT2D eigenvalue weighted by Crippen LogP contribution is -2.37. The molecule has 0 spiro atoms. The largest absolute Gasteiger partial charge is 0.467 e. The van der Waals surface area contributed by atoms with Crippen LogP contribution in [0.15, 0.2) is 125 Å². The van der Waals surface area contributed by atoms with Crippen LogP contribution < -0.4 is 16.6 Å². The van der Waals surface area contributed by atoms with E-state index in [4.69, 9.17) is 21.8 Å². The van der Waals surface area contributed by atoms with Crippen molar-refractivity contribution in [2.45, 2.75) is 12.1 Å². The number of nitrogens with two attached hydrogens (primary N) is 1. The number of fused-ring (bicyclic) bond motifs is 1. The summed E-state index contributed by atoms with van der Waals surface area (Å²) in [7, 11) is 3.43. The summed E-state index contributed by atoms with van der Waals surface area (Å²) in [6, 6.07) is 24.4. The van der Waals surface area contributed by atoms with Gasteiger partial charge in [-0.1, -0.05) is 48.5 Å². The number of carbonyl (C=O) groups is 1. The Morgan fingerprint density at radius 1 is 1.09 bits per heavy atom. The number of hydrogen-bond acceptors (Lipinski definition) is 6. The van der Waals surface area contributed by atoms with Crippen LogP contribution in [0.4, 0.5) is 0 Å². The van der Waals surface area contributed by atoms with Gasteiger partial charge in [-0.25, -0.2) is 0 Å². The predicted molar refractivity (Wildman–Crippen MR) is 169 cm³/mol. The van der Waals surface area contributed by atoms with Crippen molar-refractivity contribution in [3.8, 4) is 11.1 Å². The third-order valence-electron chi connectivity index (χ3n) is 7.55. The van der Waals surface area contributed by atoms with E-state index in [2.05, 4.69) is 11.9 Å². The molecule has 0 bridgehead atoms. The van der Waals surface area contributed by atoms with Gasteiger partial charge in [-0.05, 0) is 77.0 Å². The Hall–Kier alpha value is -5.05. The molecule has 0 aliphatic heterocycles. The highest BCUT2D eigenvalue weighted by Gasteiger charge is 2.38. The van der Waals surface area contributed by atoms with Crippen molar-refractivity contribution in [2.75, 3.05) is 7.05 Å². The number of amides is 1. The molecule has 2 aromatic heterocycles. The van der Waals surface area contributed by atoms with Gasteiger partial charge in [0.05, 0.1) is 24.0 Å². The molecule has 8 nitrogen and oxygen atoms in total. The lowest BCUT2D eigenvalue weighted by molar-refractivity contribution is 0.0939. The van der Waals surface area contributed by atoms with Gasteiger partial charge in [0.15, 0.2) is 5.60 Å². The quantitative estimate of drug-likeness (QED) is 0.208. The zero-order valence-corrected chi connectivity index (χ0v) is 24.5. The molecule has 4 N–H and O–H groups in total. The van der Waals surface area contributed by atoms with Crippen LogP contribution in [0.3, 0.4) is 0 Å². The van der Waals surface area contributed by atoms with Crippen molar-refractivity contribution in [2.24, 2.45) is 12.8 Å². The smallest absolute Gasteiger partial charge is 0.251 e. The van der Waals surface area contributed by atoms with Gasteiger partial charge in [0.25, 0.3) is 11.5 Å². The monoisotopic (exact) mass is 594 g/mol. The number of furan rings is 1. The van der Waals surface area contributed by atoms with Gasteiger partial charge in [0.1, 0.15) is 5.76 Å². The summed E-state index contributed by atoms with van der Waals surface area (Å²) in [6.45, 7) is 4.10. The predicted octanol–water partition coefficient (Wildman–Crippen LogP) is 5.49. The average Bonchev–Trinajstić information content (AvgIpc) is 3.55. The fraction of sp³-hybridized carbons (Fsp3) is 0.118. The number of halogens is 1. The Kier molecular flexibility index (Phi) is 8.25. The molecule has 0 fully saturated rings. The number of aromatic nitrogens is 1. The summed E-state index contributed by atoms with van der Waals surface area (Å²) in [6.07, 6.45) is 4.42. The first-order valence-electron chi connectivity index (χ1n) is 13.5. The van der Waals surface area contributed by atoms with Crippen LogP contribution >= 0.6 is 11.6 Å². The third-order valence-corrected chi connectivity index (χ3v) is 7.79. The van der Waals surface area contributed by atoms with Crippen LogP contribution in [-0.4, -0.2) is 27.5 Å². The fourth-order valence-electron chi connectivity index (χ4n) is 5.18. The molecule has 43 heavy (non-hydrogen) atoms. The first kappa shape index (κ1) is 29.4. The molecule has 0 radical (unpaired) electrons. The maximum atomic E-state index is 12.9. The number of carbonyl (C=O) groups excluding carboxylic acids is 1. The van der Waals surface area contributed by atoms with Gasteiger partial charge in [0.2, 0.25) is 0 Å². The second kappa shape index (κ2) is 12.1. The molecule has 1 amide bonds. The number of nitrogens with zero attached hydrogens (tertiary/aromatic N) is 2. The highest BCUT2D eigenvalue weighted by Crippen LogP contribution is 2.40. The molecule has 0 aliphatic carbocycles. The third kappa shape index (κ3) is 5.58. The van der Waals surface area contributed by atoms with Crippen molar-refractivity contribution in [1.29, 1.82) is 0 Å². The number of rotatable bonds is 9. The zero-order chi connectivity index (χ0) is 30.7. The minimum Gasteiger partial charge on any atom is -0.467 e. The van der Waals surface area contributed by atoms with E-state index in [1.807, 2.05) is 18.2 Å². The minimum absolute atomic E-state index is 0.180. The number of aliphatic hydroxyl groups is 1. The van der Waals surface area contributed by atoms with E-state index in [1.165, 1.54) is 6.20 Å². The van der Waals surface area contributed by atoms with Gasteiger partial charge < -0.3 is 30.0 Å². The maximum Gasteiger partial charge on any atom is 0.251 e. The van der Waals surface area contributed by atoms with Gasteiger partial charge in [-0.15, -0.1) is 0 Å². The number of aryl methyl sites for hydroxylation is 1. The highest BCUT2D eigenvalue weighted by atomic mass is 35.5. The van der Waals surface area contributed by atoms with Crippen molar-refractivity contribution >= 4 is 28.4 Å². The Morgan fingerprint density at radius 2 is 1.84 bits per heavy atom. The molecule has 0 saturated heterocycles. The summed E-state index contributed by atoms with van der Waals surface area (Å²) in [5.74, 6) is 0.345. The van der Waals surface area contributed by atoms with Crippen molar-refractivity contribution < 1.29 is 14.3 Å². The van der Waals surface area contributed by atoms with E-state index in [-0.39, 0.29) is 18.0 Å². The summed E-state index contributed by atoms with van der Waals surface area (Å²) >= 11 is 6.30. The molecule has 5 aromatic rings. The minimum atomic E-state index is -1.77. The van der Waals surface area contributed by atoms with Crippen LogP contribution in [0.25, 0.3) is 22.0 Å².